The van der Waals surface area contributed by atoms with Gasteiger partial charge in [-0.1, -0.05) is 29.3 Å². The Morgan fingerprint density at radius 1 is 0.950 bits per heavy atom. The van der Waals surface area contributed by atoms with Crippen LogP contribution < -0.4 is 5.32 Å². The van der Waals surface area contributed by atoms with Crippen LogP contribution in [0.2, 0.25) is 10.0 Å². The summed E-state index contributed by atoms with van der Waals surface area (Å²) in [6, 6.07) is 11.6. The number of aromatic amines is 2. The summed E-state index contributed by atoms with van der Waals surface area (Å²) in [6.45, 7) is 0.674. The first-order chi connectivity index (χ1) is 9.61. The van der Waals surface area contributed by atoms with Gasteiger partial charge in [-0.25, -0.2) is 0 Å². The van der Waals surface area contributed by atoms with Gasteiger partial charge < -0.3 is 15.3 Å². The Labute approximate surface area is 130 Å². The number of halogens is 2. The first-order valence-corrected chi connectivity index (χ1v) is 7.18. The first-order valence-electron chi connectivity index (χ1n) is 6.02. The lowest BCUT2D eigenvalue weighted by atomic mass is 10.2. The van der Waals surface area contributed by atoms with E-state index in [9.17, 15) is 0 Å². The van der Waals surface area contributed by atoms with Crippen molar-refractivity contribution in [3.63, 3.8) is 0 Å². The van der Waals surface area contributed by atoms with E-state index in [1.54, 1.807) is 6.07 Å². The molecule has 0 aliphatic rings. The Morgan fingerprint density at radius 3 is 2.55 bits per heavy atom. The third kappa shape index (κ3) is 2.82. The van der Waals surface area contributed by atoms with Gasteiger partial charge in [-0.2, -0.15) is 0 Å². The maximum Gasteiger partial charge on any atom is 0.175 e. The lowest BCUT2D eigenvalue weighted by Gasteiger charge is -2.07. The van der Waals surface area contributed by atoms with E-state index < -0.39 is 0 Å². The maximum atomic E-state index is 6.00. The Bertz CT molecular complexity index is 823. The number of rotatable bonds is 3. The van der Waals surface area contributed by atoms with Crippen LogP contribution in [-0.2, 0) is 6.54 Å². The van der Waals surface area contributed by atoms with Gasteiger partial charge in [0.25, 0.3) is 0 Å². The highest BCUT2D eigenvalue weighted by atomic mass is 35.5. The van der Waals surface area contributed by atoms with Crippen LogP contribution in [0, 0.1) is 4.77 Å². The Morgan fingerprint density at radius 2 is 1.75 bits per heavy atom. The molecule has 0 amide bonds. The molecule has 3 N–H and O–H groups in total. The highest BCUT2D eigenvalue weighted by molar-refractivity contribution is 7.71. The molecule has 0 saturated carbocycles. The van der Waals surface area contributed by atoms with Crippen LogP contribution in [0.1, 0.15) is 5.56 Å². The highest BCUT2D eigenvalue weighted by Crippen LogP contribution is 2.23. The van der Waals surface area contributed by atoms with E-state index in [1.165, 1.54) is 0 Å². The molecule has 0 spiro atoms. The van der Waals surface area contributed by atoms with E-state index >= 15 is 0 Å². The summed E-state index contributed by atoms with van der Waals surface area (Å²) >= 11 is 17.0. The quantitative estimate of drug-likeness (QED) is 0.584. The monoisotopic (exact) mass is 323 g/mol. The van der Waals surface area contributed by atoms with Gasteiger partial charge in [-0.05, 0) is 48.1 Å². The van der Waals surface area contributed by atoms with Gasteiger partial charge in [-0.15, -0.1) is 0 Å². The minimum absolute atomic E-state index is 0.566. The first kappa shape index (κ1) is 13.5. The summed E-state index contributed by atoms with van der Waals surface area (Å²) in [5.74, 6) is 0. The molecular weight excluding hydrogens is 313 g/mol. The smallest absolute Gasteiger partial charge is 0.175 e. The molecule has 2 aromatic carbocycles. The van der Waals surface area contributed by atoms with Gasteiger partial charge in [-0.3, -0.25) is 0 Å². The zero-order chi connectivity index (χ0) is 14.1. The summed E-state index contributed by atoms with van der Waals surface area (Å²) in [7, 11) is 0. The number of fused-ring (bicyclic) bond motifs is 1. The SMILES string of the molecule is S=c1[nH]c2ccc(NCc3ccc(Cl)c(Cl)c3)cc2[nH]1. The molecule has 0 aliphatic carbocycles. The molecule has 0 atom stereocenters. The van der Waals surface area contributed by atoms with Crippen molar-refractivity contribution in [1.29, 1.82) is 0 Å². The molecule has 1 aromatic heterocycles. The topological polar surface area (TPSA) is 43.6 Å². The third-order valence-electron chi connectivity index (χ3n) is 3.00. The zero-order valence-corrected chi connectivity index (χ0v) is 12.7. The standard InChI is InChI=1S/C14H11Cl2N3S/c15-10-3-1-8(5-11(10)16)7-17-9-2-4-12-13(6-9)19-14(20)18-12/h1-6,17H,7H2,(H2,18,19,20). The van der Waals surface area contributed by atoms with Crippen LogP contribution in [-0.4, -0.2) is 9.97 Å². The van der Waals surface area contributed by atoms with Crippen LogP contribution >= 0.6 is 35.4 Å². The van der Waals surface area contributed by atoms with Crippen LogP contribution in [0.15, 0.2) is 36.4 Å². The number of anilines is 1. The van der Waals surface area contributed by atoms with Crippen molar-refractivity contribution in [3.8, 4) is 0 Å². The number of benzene rings is 2. The number of nitrogens with one attached hydrogen (secondary N) is 3. The summed E-state index contributed by atoms with van der Waals surface area (Å²) < 4.78 is 0.627. The highest BCUT2D eigenvalue weighted by Gasteiger charge is 2.01. The molecule has 3 aromatic rings. The molecule has 0 fully saturated rings. The van der Waals surface area contributed by atoms with Crippen LogP contribution in [0.4, 0.5) is 5.69 Å². The van der Waals surface area contributed by atoms with E-state index in [2.05, 4.69) is 15.3 Å². The Hall–Kier alpha value is -1.49. The average Bonchev–Trinajstić information content (AvgIpc) is 2.79. The fourth-order valence-electron chi connectivity index (χ4n) is 2.00. The van der Waals surface area contributed by atoms with Crippen molar-refractivity contribution in [3.05, 3.63) is 56.8 Å². The molecule has 0 bridgehead atoms. The maximum absolute atomic E-state index is 6.00. The summed E-state index contributed by atoms with van der Waals surface area (Å²) in [4.78, 5) is 6.17. The Kier molecular flexibility index (Phi) is 3.70. The van der Waals surface area contributed by atoms with Gasteiger partial charge in [0.2, 0.25) is 0 Å². The number of H-pyrrole nitrogens is 2. The second kappa shape index (κ2) is 5.48. The lowest BCUT2D eigenvalue weighted by molar-refractivity contribution is 1.15. The summed E-state index contributed by atoms with van der Waals surface area (Å²) in [5, 5.41) is 4.47. The van der Waals surface area contributed by atoms with E-state index in [0.717, 1.165) is 22.3 Å². The normalized spacial score (nSPS) is 10.9. The molecule has 102 valence electrons. The van der Waals surface area contributed by atoms with Crippen molar-refractivity contribution < 1.29 is 0 Å². The minimum atomic E-state index is 0.566. The zero-order valence-electron chi connectivity index (χ0n) is 10.3. The second-order valence-corrected chi connectivity index (χ2v) is 5.66. The fraction of sp³-hybridized carbons (Fsp3) is 0.0714. The molecule has 0 unspecified atom stereocenters. The van der Waals surface area contributed by atoms with Gasteiger partial charge >= 0.3 is 0 Å². The average molecular weight is 324 g/mol. The number of imidazole rings is 1. The predicted octanol–water partition coefficient (Wildman–Crippen LogP) is 5.14. The molecule has 0 saturated heterocycles. The van der Waals surface area contributed by atoms with Gasteiger partial charge in [0.1, 0.15) is 0 Å². The Balaban J connectivity index is 1.78. The summed E-state index contributed by atoms with van der Waals surface area (Å²) in [5.41, 5.74) is 4.06. The van der Waals surface area contributed by atoms with E-state index in [0.29, 0.717) is 21.4 Å². The van der Waals surface area contributed by atoms with Crippen LogP contribution in [0.5, 0.6) is 0 Å². The molecular formula is C14H11Cl2N3S. The molecule has 3 nitrogen and oxygen atoms in total. The van der Waals surface area contributed by atoms with Crippen LogP contribution in [0.25, 0.3) is 11.0 Å². The second-order valence-electron chi connectivity index (χ2n) is 4.44. The van der Waals surface area contributed by atoms with Crippen molar-refractivity contribution in [2.45, 2.75) is 6.54 Å². The molecule has 6 heteroatoms. The van der Waals surface area contributed by atoms with Crippen molar-refractivity contribution >= 4 is 52.1 Å². The molecule has 20 heavy (non-hydrogen) atoms. The molecule has 0 aliphatic heterocycles. The largest absolute Gasteiger partial charge is 0.381 e. The van der Waals surface area contributed by atoms with Gasteiger partial charge in [0.15, 0.2) is 4.77 Å². The fourth-order valence-corrected chi connectivity index (χ4v) is 2.54. The molecule has 3 rings (SSSR count). The van der Waals surface area contributed by atoms with Crippen molar-refractivity contribution in [1.82, 2.24) is 9.97 Å². The predicted molar refractivity (Wildman–Crippen MR) is 87.3 cm³/mol. The van der Waals surface area contributed by atoms with E-state index in [4.69, 9.17) is 35.4 Å². The van der Waals surface area contributed by atoms with Crippen molar-refractivity contribution in [2.75, 3.05) is 5.32 Å². The molecule has 1 heterocycles. The number of hydrogen-bond donors (Lipinski definition) is 3. The molecule has 0 radical (unpaired) electrons. The van der Waals surface area contributed by atoms with Crippen LogP contribution in [0.3, 0.4) is 0 Å². The number of aromatic nitrogens is 2. The minimum Gasteiger partial charge on any atom is -0.381 e. The van der Waals surface area contributed by atoms with Gasteiger partial charge in [0, 0.05) is 12.2 Å². The van der Waals surface area contributed by atoms with Gasteiger partial charge in [0.05, 0.1) is 21.1 Å². The summed E-state index contributed by atoms with van der Waals surface area (Å²) in [6.07, 6.45) is 0. The lowest BCUT2D eigenvalue weighted by Crippen LogP contribution is -1.99. The van der Waals surface area contributed by atoms with Crippen molar-refractivity contribution in [2.24, 2.45) is 0 Å². The van der Waals surface area contributed by atoms with E-state index in [-0.39, 0.29) is 0 Å². The van der Waals surface area contributed by atoms with E-state index in [1.807, 2.05) is 30.3 Å². The third-order valence-corrected chi connectivity index (χ3v) is 3.94. The number of hydrogen-bond acceptors (Lipinski definition) is 2.